The van der Waals surface area contributed by atoms with Gasteiger partial charge in [-0.25, -0.2) is 0 Å². The predicted octanol–water partition coefficient (Wildman–Crippen LogP) is 5.24. The van der Waals surface area contributed by atoms with E-state index in [4.69, 9.17) is 0 Å². The summed E-state index contributed by atoms with van der Waals surface area (Å²) in [6, 6.07) is 0.443. The van der Waals surface area contributed by atoms with Gasteiger partial charge in [0.1, 0.15) is 0 Å². The molecule has 1 saturated heterocycles. The molecule has 0 aromatic heterocycles. The van der Waals surface area contributed by atoms with Gasteiger partial charge in [-0.3, -0.25) is 9.69 Å². The Morgan fingerprint density at radius 3 is 2.08 bits per heavy atom. The Morgan fingerprint density at radius 2 is 1.54 bits per heavy atom. The van der Waals surface area contributed by atoms with Crippen molar-refractivity contribution in [2.45, 2.75) is 110 Å². The fourth-order valence-corrected chi connectivity index (χ4v) is 4.16. The number of hydrogen-bond acceptors (Lipinski definition) is 2. The summed E-state index contributed by atoms with van der Waals surface area (Å²) in [4.78, 5) is 16.3. The van der Waals surface area contributed by atoms with E-state index < -0.39 is 0 Å². The van der Waals surface area contributed by atoms with Gasteiger partial charge >= 0.3 is 0 Å². The van der Waals surface area contributed by atoms with Crippen molar-refractivity contribution < 1.29 is 4.79 Å². The molecule has 0 aromatic carbocycles. The number of carbonyl (C=O) groups excluding carboxylic acids is 1. The minimum absolute atomic E-state index is 0.207. The molecule has 3 heteroatoms. The standard InChI is InChI=1S/C21H42N2O/c1-6-8-10-11-12-16-21(4,15-9-7-2)23-17-13-20(14-18-23)22(5)19(3)24/h20H,6-18H2,1-5H3. The van der Waals surface area contributed by atoms with Crippen molar-refractivity contribution in [1.82, 2.24) is 9.80 Å². The molecule has 1 atom stereocenters. The molecule has 0 aromatic rings. The van der Waals surface area contributed by atoms with E-state index in [1.165, 1.54) is 57.8 Å². The van der Waals surface area contributed by atoms with Gasteiger partial charge in [0.05, 0.1) is 0 Å². The van der Waals surface area contributed by atoms with Crippen LogP contribution in [0.25, 0.3) is 0 Å². The van der Waals surface area contributed by atoms with Crippen molar-refractivity contribution in [3.8, 4) is 0 Å². The Morgan fingerprint density at radius 1 is 1.00 bits per heavy atom. The van der Waals surface area contributed by atoms with Crippen LogP contribution < -0.4 is 0 Å². The molecule has 0 aliphatic carbocycles. The van der Waals surface area contributed by atoms with Crippen LogP contribution in [0.3, 0.4) is 0 Å². The topological polar surface area (TPSA) is 23.6 Å². The maximum Gasteiger partial charge on any atom is 0.219 e. The number of likely N-dealkylation sites (tertiary alicyclic amines) is 1. The van der Waals surface area contributed by atoms with E-state index in [0.29, 0.717) is 11.6 Å². The molecule has 0 saturated carbocycles. The monoisotopic (exact) mass is 338 g/mol. The van der Waals surface area contributed by atoms with Gasteiger partial charge in [0.25, 0.3) is 0 Å². The summed E-state index contributed by atoms with van der Waals surface area (Å²) in [6.07, 6.45) is 14.4. The minimum Gasteiger partial charge on any atom is -0.343 e. The molecule has 24 heavy (non-hydrogen) atoms. The van der Waals surface area contributed by atoms with Crippen LogP contribution in [0.5, 0.6) is 0 Å². The summed E-state index contributed by atoms with van der Waals surface area (Å²) in [5.74, 6) is 0.207. The molecule has 1 unspecified atom stereocenters. The Balaban J connectivity index is 2.53. The van der Waals surface area contributed by atoms with Crippen LogP contribution in [0.2, 0.25) is 0 Å². The average Bonchev–Trinajstić information content (AvgIpc) is 2.59. The molecule has 0 bridgehead atoms. The molecule has 1 aliphatic heterocycles. The second-order valence-electron chi connectivity index (χ2n) is 8.11. The number of rotatable bonds is 11. The summed E-state index contributed by atoms with van der Waals surface area (Å²) >= 11 is 0. The zero-order valence-electron chi connectivity index (χ0n) is 17.1. The number of nitrogens with zero attached hydrogens (tertiary/aromatic N) is 2. The lowest BCUT2D eigenvalue weighted by atomic mass is 9.84. The number of amides is 1. The molecule has 3 nitrogen and oxygen atoms in total. The molecule has 1 aliphatic rings. The molecular weight excluding hydrogens is 296 g/mol. The quantitative estimate of drug-likeness (QED) is 0.481. The second-order valence-corrected chi connectivity index (χ2v) is 8.11. The van der Waals surface area contributed by atoms with Gasteiger partial charge < -0.3 is 4.90 Å². The highest BCUT2D eigenvalue weighted by atomic mass is 16.2. The summed E-state index contributed by atoms with van der Waals surface area (Å²) in [5.41, 5.74) is 0.363. The van der Waals surface area contributed by atoms with Crippen LogP contribution in [-0.2, 0) is 4.79 Å². The lowest BCUT2D eigenvalue weighted by Crippen LogP contribution is -2.53. The van der Waals surface area contributed by atoms with E-state index in [9.17, 15) is 4.79 Å². The van der Waals surface area contributed by atoms with E-state index >= 15 is 0 Å². The van der Waals surface area contributed by atoms with Crippen LogP contribution >= 0.6 is 0 Å². The van der Waals surface area contributed by atoms with Gasteiger partial charge in [-0.05, 0) is 32.6 Å². The van der Waals surface area contributed by atoms with E-state index in [-0.39, 0.29) is 5.91 Å². The van der Waals surface area contributed by atoms with Crippen molar-refractivity contribution in [2.75, 3.05) is 20.1 Å². The number of unbranched alkanes of at least 4 members (excludes halogenated alkanes) is 5. The third-order valence-corrected chi connectivity index (χ3v) is 6.16. The van der Waals surface area contributed by atoms with Crippen molar-refractivity contribution in [3.63, 3.8) is 0 Å². The van der Waals surface area contributed by atoms with Crippen LogP contribution in [0.1, 0.15) is 98.3 Å². The highest BCUT2D eigenvalue weighted by Gasteiger charge is 2.34. The zero-order valence-corrected chi connectivity index (χ0v) is 17.1. The summed E-state index contributed by atoms with van der Waals surface area (Å²) < 4.78 is 0. The zero-order chi connectivity index (χ0) is 18.0. The lowest BCUT2D eigenvalue weighted by molar-refractivity contribution is -0.130. The number of carbonyl (C=O) groups is 1. The van der Waals surface area contributed by atoms with Crippen LogP contribution in [0.4, 0.5) is 0 Å². The Hall–Kier alpha value is -0.570. The molecule has 0 radical (unpaired) electrons. The summed E-state index contributed by atoms with van der Waals surface area (Å²) in [6.45, 7) is 11.1. The molecule has 0 N–H and O–H groups in total. The van der Waals surface area contributed by atoms with Gasteiger partial charge in [-0.15, -0.1) is 0 Å². The third-order valence-electron chi connectivity index (χ3n) is 6.16. The summed E-state index contributed by atoms with van der Waals surface area (Å²) in [5, 5.41) is 0. The first-order valence-corrected chi connectivity index (χ1v) is 10.4. The molecule has 142 valence electrons. The van der Waals surface area contributed by atoms with Gasteiger partial charge in [0.2, 0.25) is 5.91 Å². The third kappa shape index (κ3) is 6.74. The minimum atomic E-state index is 0.207. The largest absolute Gasteiger partial charge is 0.343 e. The first-order chi connectivity index (χ1) is 11.4. The van der Waals surface area contributed by atoms with Crippen LogP contribution in [-0.4, -0.2) is 47.4 Å². The lowest BCUT2D eigenvalue weighted by Gasteiger charge is -2.47. The highest BCUT2D eigenvalue weighted by Crippen LogP contribution is 2.32. The molecule has 1 heterocycles. The van der Waals surface area contributed by atoms with E-state index in [2.05, 4.69) is 25.7 Å². The number of hydrogen-bond donors (Lipinski definition) is 0. The Labute approximate surface area is 151 Å². The maximum absolute atomic E-state index is 11.6. The van der Waals surface area contributed by atoms with E-state index in [1.807, 2.05) is 11.9 Å². The number of piperidine rings is 1. The Kier molecular flexibility index (Phi) is 9.95. The van der Waals surface area contributed by atoms with Gasteiger partial charge in [-0.1, -0.05) is 58.8 Å². The fraction of sp³-hybridized carbons (Fsp3) is 0.952. The first kappa shape index (κ1) is 21.5. The van der Waals surface area contributed by atoms with E-state index in [0.717, 1.165) is 25.9 Å². The normalized spacial score (nSPS) is 19.2. The van der Waals surface area contributed by atoms with Crippen molar-refractivity contribution in [1.29, 1.82) is 0 Å². The molecule has 1 rings (SSSR count). The molecular formula is C21H42N2O. The molecule has 1 amide bonds. The van der Waals surface area contributed by atoms with Gasteiger partial charge in [0, 0.05) is 38.6 Å². The Bertz CT molecular complexity index is 350. The van der Waals surface area contributed by atoms with Gasteiger partial charge in [-0.2, -0.15) is 0 Å². The van der Waals surface area contributed by atoms with Crippen molar-refractivity contribution >= 4 is 5.91 Å². The average molecular weight is 339 g/mol. The van der Waals surface area contributed by atoms with Crippen molar-refractivity contribution in [2.24, 2.45) is 0 Å². The maximum atomic E-state index is 11.6. The molecule has 1 fully saturated rings. The van der Waals surface area contributed by atoms with E-state index in [1.54, 1.807) is 6.92 Å². The summed E-state index contributed by atoms with van der Waals surface area (Å²) in [7, 11) is 1.96. The second kappa shape index (κ2) is 11.1. The SMILES string of the molecule is CCCCCCCC(C)(CCCC)N1CCC(N(C)C(C)=O)CC1. The molecule has 0 spiro atoms. The van der Waals surface area contributed by atoms with Crippen LogP contribution in [0, 0.1) is 0 Å². The highest BCUT2D eigenvalue weighted by molar-refractivity contribution is 5.73. The van der Waals surface area contributed by atoms with Crippen molar-refractivity contribution in [3.05, 3.63) is 0 Å². The first-order valence-electron chi connectivity index (χ1n) is 10.4. The van der Waals surface area contributed by atoms with Crippen LogP contribution in [0.15, 0.2) is 0 Å². The smallest absolute Gasteiger partial charge is 0.219 e. The fourth-order valence-electron chi connectivity index (χ4n) is 4.16. The predicted molar refractivity (Wildman–Crippen MR) is 104 cm³/mol. The van der Waals surface area contributed by atoms with Gasteiger partial charge in [0.15, 0.2) is 0 Å².